The van der Waals surface area contributed by atoms with Gasteiger partial charge < -0.3 is 15.7 Å². The lowest BCUT2D eigenvalue weighted by molar-refractivity contribution is -0.130. The average molecular weight is 244 g/mol. The van der Waals surface area contributed by atoms with E-state index >= 15 is 0 Å². The molecule has 17 heavy (non-hydrogen) atoms. The Balaban J connectivity index is 4.56. The van der Waals surface area contributed by atoms with Gasteiger partial charge in [0, 0.05) is 6.92 Å². The van der Waals surface area contributed by atoms with Gasteiger partial charge in [-0.3, -0.25) is 9.59 Å². The molecular weight excluding hydrogens is 220 g/mol. The van der Waals surface area contributed by atoms with Gasteiger partial charge in [0.05, 0.1) is 12.6 Å². The molecule has 0 aliphatic carbocycles. The molecule has 0 aliphatic rings. The van der Waals surface area contributed by atoms with Crippen LogP contribution in [0.25, 0.3) is 0 Å². The van der Waals surface area contributed by atoms with Crippen LogP contribution < -0.4 is 10.6 Å². The maximum atomic E-state index is 12.0. The van der Waals surface area contributed by atoms with Crippen LogP contribution in [0.1, 0.15) is 34.6 Å². The molecule has 100 valence electrons. The lowest BCUT2D eigenvalue weighted by Gasteiger charge is -2.26. The van der Waals surface area contributed by atoms with Crippen LogP contribution in [-0.2, 0) is 9.59 Å². The van der Waals surface area contributed by atoms with Gasteiger partial charge in [0.15, 0.2) is 0 Å². The molecule has 0 bridgehead atoms. The van der Waals surface area contributed by atoms with Gasteiger partial charge in [0.25, 0.3) is 0 Å². The fraction of sp³-hybridized carbons (Fsp3) is 0.833. The molecule has 0 spiro atoms. The van der Waals surface area contributed by atoms with E-state index < -0.39 is 6.04 Å². The van der Waals surface area contributed by atoms with Gasteiger partial charge in [-0.05, 0) is 11.8 Å². The molecule has 0 aromatic carbocycles. The number of rotatable bonds is 6. The number of nitrogens with one attached hydrogen (secondary N) is 2. The van der Waals surface area contributed by atoms with Crippen LogP contribution in [0.3, 0.4) is 0 Å². The largest absolute Gasteiger partial charge is 0.394 e. The molecule has 2 atom stereocenters. The van der Waals surface area contributed by atoms with Crippen molar-refractivity contribution in [3.05, 3.63) is 0 Å². The Morgan fingerprint density at radius 3 is 1.88 bits per heavy atom. The number of hydrogen-bond acceptors (Lipinski definition) is 3. The predicted molar refractivity (Wildman–Crippen MR) is 66.3 cm³/mol. The van der Waals surface area contributed by atoms with Gasteiger partial charge in [-0.2, -0.15) is 0 Å². The maximum absolute atomic E-state index is 12.0. The summed E-state index contributed by atoms with van der Waals surface area (Å²) in [4.78, 5) is 23.0. The van der Waals surface area contributed by atoms with Crippen molar-refractivity contribution in [2.45, 2.75) is 46.7 Å². The second-order valence-electron chi connectivity index (χ2n) is 4.96. The molecule has 0 aromatic heterocycles. The summed E-state index contributed by atoms with van der Waals surface area (Å²) in [5.41, 5.74) is 0. The maximum Gasteiger partial charge on any atom is 0.243 e. The highest BCUT2D eigenvalue weighted by molar-refractivity contribution is 5.87. The molecule has 0 saturated carbocycles. The van der Waals surface area contributed by atoms with Crippen molar-refractivity contribution in [1.29, 1.82) is 0 Å². The third-order valence-corrected chi connectivity index (χ3v) is 2.64. The minimum Gasteiger partial charge on any atom is -0.394 e. The zero-order valence-electron chi connectivity index (χ0n) is 11.3. The van der Waals surface area contributed by atoms with E-state index in [9.17, 15) is 9.59 Å². The molecule has 5 heteroatoms. The molecule has 1 unspecified atom stereocenters. The molecule has 0 rings (SSSR count). The van der Waals surface area contributed by atoms with Crippen LogP contribution in [0, 0.1) is 11.8 Å². The third-order valence-electron chi connectivity index (χ3n) is 2.64. The highest BCUT2D eigenvalue weighted by Gasteiger charge is 2.25. The number of amides is 2. The Morgan fingerprint density at radius 2 is 1.59 bits per heavy atom. The number of carbonyl (C=O) groups is 2. The first kappa shape index (κ1) is 15.9. The summed E-state index contributed by atoms with van der Waals surface area (Å²) in [6, 6.07) is -0.835. The van der Waals surface area contributed by atoms with E-state index in [-0.39, 0.29) is 36.3 Å². The molecule has 0 aromatic rings. The topological polar surface area (TPSA) is 78.4 Å². The SMILES string of the molecule is CC(=O)NC(C(=O)N[C@H](CO)C(C)C)C(C)C. The van der Waals surface area contributed by atoms with E-state index in [1.807, 2.05) is 27.7 Å². The molecule has 0 saturated heterocycles. The van der Waals surface area contributed by atoms with E-state index in [2.05, 4.69) is 10.6 Å². The van der Waals surface area contributed by atoms with Crippen molar-refractivity contribution in [3.8, 4) is 0 Å². The number of hydrogen-bond donors (Lipinski definition) is 3. The normalized spacial score (nSPS) is 14.6. The van der Waals surface area contributed by atoms with Crippen LogP contribution in [0.5, 0.6) is 0 Å². The first-order valence-corrected chi connectivity index (χ1v) is 5.97. The Kier molecular flexibility index (Phi) is 6.80. The summed E-state index contributed by atoms with van der Waals surface area (Å²) in [7, 11) is 0. The van der Waals surface area contributed by atoms with Crippen LogP contribution in [0.4, 0.5) is 0 Å². The quantitative estimate of drug-likeness (QED) is 0.628. The van der Waals surface area contributed by atoms with Gasteiger partial charge >= 0.3 is 0 Å². The van der Waals surface area contributed by atoms with Gasteiger partial charge in [-0.1, -0.05) is 27.7 Å². The standard InChI is InChI=1S/C12H24N2O3/c1-7(2)10(6-15)14-12(17)11(8(3)4)13-9(5)16/h7-8,10-11,15H,6H2,1-5H3,(H,13,16)(H,14,17)/t10-,11?/m1/s1. The van der Waals surface area contributed by atoms with Crippen LogP contribution in [0.15, 0.2) is 0 Å². The van der Waals surface area contributed by atoms with Crippen molar-refractivity contribution >= 4 is 11.8 Å². The van der Waals surface area contributed by atoms with Gasteiger partial charge in [0.1, 0.15) is 6.04 Å². The van der Waals surface area contributed by atoms with Gasteiger partial charge in [-0.15, -0.1) is 0 Å². The fourth-order valence-corrected chi connectivity index (χ4v) is 1.45. The average Bonchev–Trinajstić information content (AvgIpc) is 2.20. The van der Waals surface area contributed by atoms with Crippen molar-refractivity contribution < 1.29 is 14.7 Å². The summed E-state index contributed by atoms with van der Waals surface area (Å²) in [6.07, 6.45) is 0. The molecule has 0 heterocycles. The first-order valence-electron chi connectivity index (χ1n) is 5.97. The molecule has 5 nitrogen and oxygen atoms in total. The number of aliphatic hydroxyl groups excluding tert-OH is 1. The summed E-state index contributed by atoms with van der Waals surface area (Å²) in [6.45, 7) is 8.85. The second kappa shape index (κ2) is 7.27. The molecule has 0 fully saturated rings. The second-order valence-corrected chi connectivity index (χ2v) is 4.96. The lowest BCUT2D eigenvalue weighted by atomic mass is 10.0. The first-order chi connectivity index (χ1) is 7.79. The monoisotopic (exact) mass is 244 g/mol. The number of carbonyl (C=O) groups excluding carboxylic acids is 2. The Labute approximate surface area is 103 Å². The van der Waals surface area contributed by atoms with E-state index in [0.717, 1.165) is 0 Å². The minimum atomic E-state index is -0.555. The van der Waals surface area contributed by atoms with Crippen molar-refractivity contribution in [1.82, 2.24) is 10.6 Å². The summed E-state index contributed by atoms with van der Waals surface area (Å²) < 4.78 is 0. The van der Waals surface area contributed by atoms with E-state index in [4.69, 9.17) is 5.11 Å². The molecule has 3 N–H and O–H groups in total. The molecular formula is C12H24N2O3. The summed E-state index contributed by atoms with van der Waals surface area (Å²) in [5, 5.41) is 14.5. The van der Waals surface area contributed by atoms with Crippen molar-refractivity contribution in [2.75, 3.05) is 6.61 Å². The fourth-order valence-electron chi connectivity index (χ4n) is 1.45. The third kappa shape index (κ3) is 5.68. The summed E-state index contributed by atoms with van der Waals surface area (Å²) in [5.74, 6) is -0.327. The molecule has 0 radical (unpaired) electrons. The Hall–Kier alpha value is -1.10. The zero-order chi connectivity index (χ0) is 13.6. The lowest BCUT2D eigenvalue weighted by Crippen LogP contribution is -2.53. The van der Waals surface area contributed by atoms with E-state index in [1.54, 1.807) is 0 Å². The van der Waals surface area contributed by atoms with Crippen LogP contribution in [0.2, 0.25) is 0 Å². The van der Waals surface area contributed by atoms with Gasteiger partial charge in [0.2, 0.25) is 11.8 Å². The Bertz CT molecular complexity index is 264. The van der Waals surface area contributed by atoms with Crippen molar-refractivity contribution in [3.63, 3.8) is 0 Å². The minimum absolute atomic E-state index is 0.00500. The summed E-state index contributed by atoms with van der Waals surface area (Å²) >= 11 is 0. The molecule has 2 amide bonds. The molecule has 0 aliphatic heterocycles. The number of aliphatic hydroxyl groups is 1. The van der Waals surface area contributed by atoms with E-state index in [0.29, 0.717) is 0 Å². The van der Waals surface area contributed by atoms with Crippen molar-refractivity contribution in [2.24, 2.45) is 11.8 Å². The van der Waals surface area contributed by atoms with Crippen LogP contribution >= 0.6 is 0 Å². The van der Waals surface area contributed by atoms with Gasteiger partial charge in [-0.25, -0.2) is 0 Å². The zero-order valence-corrected chi connectivity index (χ0v) is 11.3. The van der Waals surface area contributed by atoms with Crippen LogP contribution in [-0.4, -0.2) is 35.6 Å². The highest BCUT2D eigenvalue weighted by Crippen LogP contribution is 2.05. The smallest absolute Gasteiger partial charge is 0.243 e. The van der Waals surface area contributed by atoms with E-state index in [1.165, 1.54) is 6.92 Å². The Morgan fingerprint density at radius 1 is 1.06 bits per heavy atom. The highest BCUT2D eigenvalue weighted by atomic mass is 16.3. The predicted octanol–water partition coefficient (Wildman–Crippen LogP) is 0.280.